The molecule has 118 valence electrons. The zero-order chi connectivity index (χ0) is 16.7. The Morgan fingerprint density at radius 3 is 2.04 bits per heavy atom. The number of carbonyl (C=O) groups is 1. The molecule has 0 bridgehead atoms. The van der Waals surface area contributed by atoms with E-state index in [9.17, 15) is 4.79 Å². The van der Waals surface area contributed by atoms with Crippen LogP contribution < -0.4 is 4.90 Å². The van der Waals surface area contributed by atoms with Gasteiger partial charge in [-0.3, -0.25) is 4.79 Å². The largest absolute Gasteiger partial charge is 0.372 e. The normalized spacial score (nSPS) is 10.7. The highest BCUT2D eigenvalue weighted by atomic mass is 16.1. The van der Waals surface area contributed by atoms with E-state index < -0.39 is 0 Å². The van der Waals surface area contributed by atoms with Gasteiger partial charge in [-0.1, -0.05) is 55.1 Å². The van der Waals surface area contributed by atoms with Gasteiger partial charge in [-0.05, 0) is 43.2 Å². The summed E-state index contributed by atoms with van der Waals surface area (Å²) in [5.74, 6) is 0.00781. The van der Waals surface area contributed by atoms with Gasteiger partial charge in [0.15, 0.2) is 5.78 Å². The Bertz CT molecular complexity index is 677. The molecule has 0 aliphatic rings. The second-order valence-corrected chi connectivity index (χ2v) is 5.29. The van der Waals surface area contributed by atoms with Gasteiger partial charge in [0, 0.05) is 24.3 Å². The predicted molar refractivity (Wildman–Crippen MR) is 99.9 cm³/mol. The second kappa shape index (κ2) is 8.14. The lowest BCUT2D eigenvalue weighted by atomic mass is 10.1. The Morgan fingerprint density at radius 2 is 1.52 bits per heavy atom. The highest BCUT2D eigenvalue weighted by Crippen LogP contribution is 2.16. The van der Waals surface area contributed by atoms with E-state index in [4.69, 9.17) is 0 Å². The maximum Gasteiger partial charge on any atom is 0.185 e. The molecule has 0 saturated carbocycles. The molecule has 0 saturated heterocycles. The van der Waals surface area contributed by atoms with Crippen LogP contribution in [-0.2, 0) is 0 Å². The van der Waals surface area contributed by atoms with Crippen molar-refractivity contribution in [3.8, 4) is 0 Å². The molecule has 0 aliphatic heterocycles. The number of hydrogen-bond acceptors (Lipinski definition) is 2. The van der Waals surface area contributed by atoms with Crippen molar-refractivity contribution in [3.05, 3.63) is 77.9 Å². The number of rotatable bonds is 7. The fourth-order valence-corrected chi connectivity index (χ4v) is 2.44. The molecule has 2 nitrogen and oxygen atoms in total. The molecule has 2 aromatic carbocycles. The van der Waals surface area contributed by atoms with Gasteiger partial charge in [-0.25, -0.2) is 0 Å². The summed E-state index contributed by atoms with van der Waals surface area (Å²) in [6.07, 6.45) is 5.24. The summed E-state index contributed by atoms with van der Waals surface area (Å²) in [7, 11) is 0. The van der Waals surface area contributed by atoms with Crippen molar-refractivity contribution in [2.45, 2.75) is 13.8 Å². The Kier molecular flexibility index (Phi) is 5.93. The van der Waals surface area contributed by atoms with E-state index in [0.29, 0.717) is 5.56 Å². The van der Waals surface area contributed by atoms with Gasteiger partial charge in [-0.15, -0.1) is 0 Å². The number of carbonyl (C=O) groups excluding carboxylic acids is 1. The van der Waals surface area contributed by atoms with E-state index in [1.54, 1.807) is 12.2 Å². The van der Waals surface area contributed by atoms with Crippen molar-refractivity contribution in [2.75, 3.05) is 18.0 Å². The average Bonchev–Trinajstić information content (AvgIpc) is 2.62. The van der Waals surface area contributed by atoms with Crippen LogP contribution in [0, 0.1) is 0 Å². The van der Waals surface area contributed by atoms with Gasteiger partial charge >= 0.3 is 0 Å². The third kappa shape index (κ3) is 4.43. The molecule has 0 amide bonds. The van der Waals surface area contributed by atoms with E-state index in [1.165, 1.54) is 5.69 Å². The topological polar surface area (TPSA) is 20.3 Å². The number of ketones is 1. The standard InChI is InChI=1S/C21H23NO/c1-4-17-7-12-19(13-8-17)21(23)16-11-18-9-14-20(15-10-18)22(5-2)6-3/h4,7-16H,1,5-6H2,2-3H3. The van der Waals surface area contributed by atoms with Crippen LogP contribution in [0.1, 0.15) is 35.3 Å². The smallest absolute Gasteiger partial charge is 0.185 e. The van der Waals surface area contributed by atoms with Crippen molar-refractivity contribution in [2.24, 2.45) is 0 Å². The number of anilines is 1. The first-order chi connectivity index (χ1) is 11.2. The quantitative estimate of drug-likeness (QED) is 0.525. The monoisotopic (exact) mass is 305 g/mol. The van der Waals surface area contributed by atoms with Crippen molar-refractivity contribution in [3.63, 3.8) is 0 Å². The number of benzene rings is 2. The van der Waals surface area contributed by atoms with E-state index in [-0.39, 0.29) is 5.78 Å². The molecule has 2 rings (SSSR count). The van der Waals surface area contributed by atoms with Gasteiger partial charge in [0.2, 0.25) is 0 Å². The van der Waals surface area contributed by atoms with E-state index in [2.05, 4.69) is 37.5 Å². The fourth-order valence-electron chi connectivity index (χ4n) is 2.44. The Labute approximate surface area is 138 Å². The lowest BCUT2D eigenvalue weighted by Gasteiger charge is -2.20. The molecule has 2 aromatic rings. The van der Waals surface area contributed by atoms with Crippen LogP contribution in [0.2, 0.25) is 0 Å². The first-order valence-corrected chi connectivity index (χ1v) is 7.97. The van der Waals surface area contributed by atoms with Crippen LogP contribution in [0.5, 0.6) is 0 Å². The lowest BCUT2D eigenvalue weighted by molar-refractivity contribution is 0.104. The van der Waals surface area contributed by atoms with Gasteiger partial charge < -0.3 is 4.90 Å². The number of allylic oxidation sites excluding steroid dienone is 1. The predicted octanol–water partition coefficient (Wildman–Crippen LogP) is 5.07. The van der Waals surface area contributed by atoms with Crippen molar-refractivity contribution >= 4 is 23.6 Å². The van der Waals surface area contributed by atoms with Crippen LogP contribution >= 0.6 is 0 Å². The third-order valence-electron chi connectivity index (χ3n) is 3.88. The Morgan fingerprint density at radius 1 is 0.957 bits per heavy atom. The van der Waals surface area contributed by atoms with Gasteiger partial charge in [0.1, 0.15) is 0 Å². The molecule has 0 N–H and O–H groups in total. The van der Waals surface area contributed by atoms with Crippen molar-refractivity contribution < 1.29 is 4.79 Å². The van der Waals surface area contributed by atoms with Crippen LogP contribution in [0.15, 0.2) is 61.2 Å². The molecule has 0 aromatic heterocycles. The number of nitrogens with zero attached hydrogens (tertiary/aromatic N) is 1. The first-order valence-electron chi connectivity index (χ1n) is 7.97. The van der Waals surface area contributed by atoms with E-state index in [1.807, 2.05) is 42.5 Å². The van der Waals surface area contributed by atoms with Gasteiger partial charge in [-0.2, -0.15) is 0 Å². The van der Waals surface area contributed by atoms with Crippen molar-refractivity contribution in [1.82, 2.24) is 0 Å². The van der Waals surface area contributed by atoms with Crippen LogP contribution in [0.25, 0.3) is 12.2 Å². The highest BCUT2D eigenvalue weighted by Gasteiger charge is 2.02. The molecule has 23 heavy (non-hydrogen) atoms. The Hall–Kier alpha value is -2.61. The first kappa shape index (κ1) is 16.8. The third-order valence-corrected chi connectivity index (χ3v) is 3.88. The summed E-state index contributed by atoms with van der Waals surface area (Å²) in [6, 6.07) is 15.7. The molecule has 0 unspecified atom stereocenters. The minimum Gasteiger partial charge on any atom is -0.372 e. The maximum absolute atomic E-state index is 12.2. The lowest BCUT2D eigenvalue weighted by Crippen LogP contribution is -2.21. The molecule has 0 radical (unpaired) electrons. The molecule has 0 aliphatic carbocycles. The molecule has 2 heteroatoms. The molecular formula is C21H23NO. The maximum atomic E-state index is 12.2. The minimum atomic E-state index is 0.00781. The Balaban J connectivity index is 2.06. The van der Waals surface area contributed by atoms with Crippen LogP contribution in [0.3, 0.4) is 0 Å². The number of hydrogen-bond donors (Lipinski definition) is 0. The summed E-state index contributed by atoms with van der Waals surface area (Å²) in [5.41, 5.74) is 3.93. The van der Waals surface area contributed by atoms with Crippen molar-refractivity contribution in [1.29, 1.82) is 0 Å². The molecule has 0 heterocycles. The van der Waals surface area contributed by atoms with Crippen LogP contribution in [-0.4, -0.2) is 18.9 Å². The van der Waals surface area contributed by atoms with Gasteiger partial charge in [0.25, 0.3) is 0 Å². The molecule has 0 fully saturated rings. The molecular weight excluding hydrogens is 282 g/mol. The SMILES string of the molecule is C=Cc1ccc(C(=O)C=Cc2ccc(N(CC)CC)cc2)cc1. The average molecular weight is 305 g/mol. The highest BCUT2D eigenvalue weighted by molar-refractivity contribution is 6.06. The van der Waals surface area contributed by atoms with Crippen LogP contribution in [0.4, 0.5) is 5.69 Å². The fraction of sp³-hybridized carbons (Fsp3) is 0.190. The molecule has 0 spiro atoms. The summed E-state index contributed by atoms with van der Waals surface area (Å²) in [5, 5.41) is 0. The molecule has 0 atom stereocenters. The summed E-state index contributed by atoms with van der Waals surface area (Å²) >= 11 is 0. The van der Waals surface area contributed by atoms with Gasteiger partial charge in [0.05, 0.1) is 0 Å². The zero-order valence-corrected chi connectivity index (χ0v) is 13.8. The second-order valence-electron chi connectivity index (χ2n) is 5.29. The summed E-state index contributed by atoms with van der Waals surface area (Å²) in [6.45, 7) is 9.99. The summed E-state index contributed by atoms with van der Waals surface area (Å²) < 4.78 is 0. The van der Waals surface area contributed by atoms with E-state index >= 15 is 0 Å². The van der Waals surface area contributed by atoms with E-state index in [0.717, 1.165) is 24.2 Å². The minimum absolute atomic E-state index is 0.00781. The zero-order valence-electron chi connectivity index (χ0n) is 13.8. The summed E-state index contributed by atoms with van der Waals surface area (Å²) in [4.78, 5) is 14.5.